The van der Waals surface area contributed by atoms with Gasteiger partial charge in [-0.15, -0.1) is 0 Å². The fourth-order valence-corrected chi connectivity index (χ4v) is 3.29. The van der Waals surface area contributed by atoms with E-state index in [0.717, 1.165) is 31.5 Å². The second-order valence-electron chi connectivity index (χ2n) is 6.36. The highest BCUT2D eigenvalue weighted by Gasteiger charge is 2.27. The molecule has 1 atom stereocenters. The van der Waals surface area contributed by atoms with Crippen molar-refractivity contribution in [3.8, 4) is 5.75 Å². The highest BCUT2D eigenvalue weighted by atomic mass is 16.5. The van der Waals surface area contributed by atoms with Crippen molar-refractivity contribution in [1.29, 1.82) is 0 Å². The molecule has 1 aromatic heterocycles. The van der Waals surface area contributed by atoms with Crippen molar-refractivity contribution in [1.82, 2.24) is 15.2 Å². The van der Waals surface area contributed by atoms with Crippen LogP contribution in [0, 0.1) is 0 Å². The number of hydrogen-bond acceptors (Lipinski definition) is 5. The molecule has 134 valence electrons. The van der Waals surface area contributed by atoms with E-state index >= 15 is 0 Å². The number of nitrogens with one attached hydrogen (secondary N) is 2. The fourth-order valence-electron chi connectivity index (χ4n) is 3.29. The maximum absolute atomic E-state index is 12.3. The van der Waals surface area contributed by atoms with Gasteiger partial charge in [0.25, 0.3) is 11.8 Å². The minimum absolute atomic E-state index is 0.00742. The van der Waals surface area contributed by atoms with Crippen molar-refractivity contribution < 1.29 is 14.3 Å². The summed E-state index contributed by atoms with van der Waals surface area (Å²) in [6.45, 7) is 1.59. The Labute approximate surface area is 151 Å². The third-order valence-electron chi connectivity index (χ3n) is 4.65. The molecule has 2 N–H and O–H groups in total. The molecule has 4 rings (SSSR count). The Balaban J connectivity index is 1.51. The number of carbonyl (C=O) groups is 2. The molecule has 26 heavy (non-hydrogen) atoms. The number of hydrogen-bond donors (Lipinski definition) is 2. The van der Waals surface area contributed by atoms with Crippen LogP contribution in [0.2, 0.25) is 0 Å². The van der Waals surface area contributed by atoms with Gasteiger partial charge in [0.1, 0.15) is 17.7 Å². The lowest BCUT2D eigenvalue weighted by Crippen LogP contribution is -2.39. The van der Waals surface area contributed by atoms with E-state index in [4.69, 9.17) is 4.74 Å². The average Bonchev–Trinajstić information content (AvgIpc) is 3.21. The molecule has 7 heteroatoms. The predicted octanol–water partition coefficient (Wildman–Crippen LogP) is 1.94. The van der Waals surface area contributed by atoms with Crippen LogP contribution in [0.15, 0.2) is 42.6 Å². The number of anilines is 1. The summed E-state index contributed by atoms with van der Waals surface area (Å²) < 4.78 is 5.78. The van der Waals surface area contributed by atoms with Gasteiger partial charge in [-0.1, -0.05) is 18.2 Å². The van der Waals surface area contributed by atoms with Gasteiger partial charge in [0, 0.05) is 24.8 Å². The summed E-state index contributed by atoms with van der Waals surface area (Å²) in [7, 11) is 0. The fraction of sp³-hybridized carbons (Fsp3) is 0.316. The van der Waals surface area contributed by atoms with Gasteiger partial charge >= 0.3 is 0 Å². The molecule has 0 radical (unpaired) electrons. The van der Waals surface area contributed by atoms with Gasteiger partial charge in [-0.2, -0.15) is 0 Å². The van der Waals surface area contributed by atoms with E-state index < -0.39 is 6.17 Å². The van der Waals surface area contributed by atoms with Crippen LogP contribution in [0.25, 0.3) is 0 Å². The topological polar surface area (TPSA) is 83.6 Å². The van der Waals surface area contributed by atoms with Crippen molar-refractivity contribution in [3.63, 3.8) is 0 Å². The summed E-state index contributed by atoms with van der Waals surface area (Å²) in [6.07, 6.45) is 3.26. The number of para-hydroxylation sites is 1. The lowest BCUT2D eigenvalue weighted by atomic mass is 10.1. The highest BCUT2D eigenvalue weighted by Crippen LogP contribution is 2.30. The molecule has 3 heterocycles. The molecule has 2 aliphatic rings. The monoisotopic (exact) mass is 352 g/mol. The van der Waals surface area contributed by atoms with Crippen molar-refractivity contribution in [2.75, 3.05) is 25.0 Å². The van der Waals surface area contributed by atoms with Gasteiger partial charge in [-0.3, -0.25) is 9.59 Å². The molecule has 0 saturated carbocycles. The van der Waals surface area contributed by atoms with Crippen LogP contribution in [0.3, 0.4) is 0 Å². The Morgan fingerprint density at radius 1 is 1.15 bits per heavy atom. The second kappa shape index (κ2) is 7.03. The lowest BCUT2D eigenvalue weighted by molar-refractivity contribution is -0.132. The molecular formula is C19H20N4O3. The van der Waals surface area contributed by atoms with Crippen molar-refractivity contribution >= 4 is 17.6 Å². The first-order chi connectivity index (χ1) is 12.7. The van der Waals surface area contributed by atoms with E-state index in [9.17, 15) is 9.59 Å². The summed E-state index contributed by atoms with van der Waals surface area (Å²) in [5, 5.41) is 6.12. The van der Waals surface area contributed by atoms with Crippen molar-refractivity contribution in [2.45, 2.75) is 19.0 Å². The molecular weight excluding hydrogens is 332 g/mol. The Morgan fingerprint density at radius 2 is 1.96 bits per heavy atom. The van der Waals surface area contributed by atoms with Crippen LogP contribution in [0.4, 0.5) is 5.82 Å². The Bertz CT molecular complexity index is 833. The zero-order valence-corrected chi connectivity index (χ0v) is 14.3. The SMILES string of the molecule is O=C1N[C@H](c2ccccc2OCC(=O)N2CCCC2)Nc2ncccc21. The zero-order chi connectivity index (χ0) is 17.9. The van der Waals surface area contributed by atoms with Crippen LogP contribution in [-0.2, 0) is 4.79 Å². The first kappa shape index (κ1) is 16.4. The van der Waals surface area contributed by atoms with Gasteiger partial charge in [0.2, 0.25) is 0 Å². The number of amides is 2. The molecule has 1 fully saturated rings. The number of pyridine rings is 1. The van der Waals surface area contributed by atoms with E-state index in [2.05, 4.69) is 15.6 Å². The number of aromatic nitrogens is 1. The number of fused-ring (bicyclic) bond motifs is 1. The number of benzene rings is 1. The van der Waals surface area contributed by atoms with Crippen LogP contribution < -0.4 is 15.4 Å². The summed E-state index contributed by atoms with van der Waals surface area (Å²) in [5.41, 5.74) is 1.26. The quantitative estimate of drug-likeness (QED) is 0.879. The number of ether oxygens (including phenoxy) is 1. The average molecular weight is 352 g/mol. The van der Waals surface area contributed by atoms with Gasteiger partial charge in [0.05, 0.1) is 5.56 Å². The van der Waals surface area contributed by atoms with Gasteiger partial charge < -0.3 is 20.3 Å². The first-order valence-corrected chi connectivity index (χ1v) is 8.74. The molecule has 0 spiro atoms. The molecule has 2 aromatic rings. The zero-order valence-electron chi connectivity index (χ0n) is 14.3. The summed E-state index contributed by atoms with van der Waals surface area (Å²) in [4.78, 5) is 30.6. The maximum Gasteiger partial charge on any atom is 0.260 e. The maximum atomic E-state index is 12.3. The molecule has 2 amide bonds. The number of rotatable bonds is 4. The normalized spacial score (nSPS) is 18.7. The number of carbonyl (C=O) groups excluding carboxylic acids is 2. The summed E-state index contributed by atoms with van der Waals surface area (Å²) >= 11 is 0. The Kier molecular flexibility index (Phi) is 4.43. The third kappa shape index (κ3) is 3.20. The highest BCUT2D eigenvalue weighted by molar-refractivity contribution is 6.00. The molecule has 1 saturated heterocycles. The minimum atomic E-state index is -0.469. The van der Waals surface area contributed by atoms with Gasteiger partial charge in [-0.05, 0) is 31.0 Å². The van der Waals surface area contributed by atoms with Gasteiger partial charge in [-0.25, -0.2) is 4.98 Å². The summed E-state index contributed by atoms with van der Waals surface area (Å²) in [6, 6.07) is 10.8. The Morgan fingerprint density at radius 3 is 2.81 bits per heavy atom. The molecule has 2 aliphatic heterocycles. The van der Waals surface area contributed by atoms with Crippen LogP contribution >= 0.6 is 0 Å². The van der Waals surface area contributed by atoms with E-state index in [1.54, 1.807) is 24.4 Å². The van der Waals surface area contributed by atoms with E-state index in [0.29, 0.717) is 17.1 Å². The molecule has 0 unspecified atom stereocenters. The van der Waals surface area contributed by atoms with Crippen LogP contribution in [-0.4, -0.2) is 41.4 Å². The van der Waals surface area contributed by atoms with E-state index in [1.807, 2.05) is 23.1 Å². The van der Waals surface area contributed by atoms with Crippen molar-refractivity contribution in [2.24, 2.45) is 0 Å². The molecule has 7 nitrogen and oxygen atoms in total. The standard InChI is InChI=1S/C19H20N4O3/c24-16(23-10-3-4-11-23)12-26-15-8-2-1-6-13(15)18-21-17-14(19(25)22-18)7-5-9-20-17/h1-2,5-9,18H,3-4,10-12H2,(H,20,21)(H,22,25)/t18-/m1/s1. The molecule has 0 bridgehead atoms. The second-order valence-corrected chi connectivity index (χ2v) is 6.36. The lowest BCUT2D eigenvalue weighted by Gasteiger charge is -2.28. The minimum Gasteiger partial charge on any atom is -0.483 e. The van der Waals surface area contributed by atoms with Gasteiger partial charge in [0.15, 0.2) is 6.61 Å². The first-order valence-electron chi connectivity index (χ1n) is 8.74. The predicted molar refractivity (Wildman–Crippen MR) is 95.8 cm³/mol. The van der Waals surface area contributed by atoms with Crippen LogP contribution in [0.5, 0.6) is 5.75 Å². The number of nitrogens with zero attached hydrogens (tertiary/aromatic N) is 2. The van der Waals surface area contributed by atoms with E-state index in [1.165, 1.54) is 0 Å². The summed E-state index contributed by atoms with van der Waals surface area (Å²) in [5.74, 6) is 0.895. The van der Waals surface area contributed by atoms with E-state index in [-0.39, 0.29) is 18.4 Å². The smallest absolute Gasteiger partial charge is 0.260 e. The molecule has 0 aliphatic carbocycles. The van der Waals surface area contributed by atoms with Crippen molar-refractivity contribution in [3.05, 3.63) is 53.7 Å². The Hall–Kier alpha value is -3.09. The largest absolute Gasteiger partial charge is 0.483 e. The third-order valence-corrected chi connectivity index (χ3v) is 4.65. The van der Waals surface area contributed by atoms with Crippen LogP contribution in [0.1, 0.15) is 34.9 Å². The number of likely N-dealkylation sites (tertiary alicyclic amines) is 1. The molecule has 1 aromatic carbocycles.